The number of carboxylic acids is 1. The van der Waals surface area contributed by atoms with E-state index < -0.39 is 11.4 Å². The highest BCUT2D eigenvalue weighted by molar-refractivity contribution is 5.80. The quantitative estimate of drug-likeness (QED) is 0.731. The minimum absolute atomic E-state index is 0.0115. The summed E-state index contributed by atoms with van der Waals surface area (Å²) in [5.74, 6) is -0.808. The molecule has 2 unspecified atom stereocenters. The van der Waals surface area contributed by atoms with Gasteiger partial charge in [0.15, 0.2) is 0 Å². The molecule has 1 fully saturated rings. The van der Waals surface area contributed by atoms with E-state index in [2.05, 4.69) is 0 Å². The number of aliphatic carboxylic acids is 1. The Hall–Kier alpha value is -1.10. The molecule has 1 aliphatic rings. The fraction of sp³-hybridized carbons (Fsp3) is 0.818. The third kappa shape index (κ3) is 2.95. The van der Waals surface area contributed by atoms with Crippen molar-refractivity contribution in [1.29, 1.82) is 0 Å². The maximum Gasteiger partial charge on any atom is 0.311 e. The minimum atomic E-state index is -0.824. The first-order valence-corrected chi connectivity index (χ1v) is 5.62. The van der Waals surface area contributed by atoms with Crippen LogP contribution in [0, 0.1) is 5.41 Å². The third-order valence-electron chi connectivity index (χ3n) is 3.16. The van der Waals surface area contributed by atoms with Crippen molar-refractivity contribution in [2.45, 2.75) is 39.2 Å². The van der Waals surface area contributed by atoms with Crippen LogP contribution in [0.5, 0.6) is 0 Å². The average Bonchev–Trinajstić information content (AvgIpc) is 2.59. The van der Waals surface area contributed by atoms with Gasteiger partial charge in [0.2, 0.25) is 5.91 Å². The molecule has 3 N–H and O–H groups in total. The maximum absolute atomic E-state index is 11.7. The lowest BCUT2D eigenvalue weighted by molar-refractivity contribution is -0.147. The van der Waals surface area contributed by atoms with Crippen molar-refractivity contribution in [3.05, 3.63) is 0 Å². The molecule has 16 heavy (non-hydrogen) atoms. The highest BCUT2D eigenvalue weighted by Crippen LogP contribution is 2.30. The molecule has 1 amide bonds. The van der Waals surface area contributed by atoms with Crippen molar-refractivity contribution in [1.82, 2.24) is 4.90 Å². The molecule has 0 aliphatic carbocycles. The third-order valence-corrected chi connectivity index (χ3v) is 3.16. The van der Waals surface area contributed by atoms with E-state index in [4.69, 9.17) is 10.8 Å². The van der Waals surface area contributed by atoms with Crippen molar-refractivity contribution in [2.75, 3.05) is 13.1 Å². The summed E-state index contributed by atoms with van der Waals surface area (Å²) in [4.78, 5) is 24.4. The van der Waals surface area contributed by atoms with E-state index in [9.17, 15) is 9.59 Å². The Morgan fingerprint density at radius 3 is 2.62 bits per heavy atom. The van der Waals surface area contributed by atoms with Crippen LogP contribution in [0.25, 0.3) is 0 Å². The maximum atomic E-state index is 11.7. The number of carbonyl (C=O) groups excluding carboxylic acids is 1. The molecule has 0 spiro atoms. The molecule has 5 nitrogen and oxygen atoms in total. The van der Waals surface area contributed by atoms with Crippen LogP contribution in [0.15, 0.2) is 0 Å². The summed E-state index contributed by atoms with van der Waals surface area (Å²) in [6.07, 6.45) is 1.60. The zero-order valence-corrected chi connectivity index (χ0v) is 9.90. The monoisotopic (exact) mass is 228 g/mol. The lowest BCUT2D eigenvalue weighted by atomic mass is 9.90. The Bertz CT molecular complexity index is 291. The largest absolute Gasteiger partial charge is 0.481 e. The summed E-state index contributed by atoms with van der Waals surface area (Å²) < 4.78 is 0. The number of amides is 1. The van der Waals surface area contributed by atoms with Crippen LogP contribution in [0.2, 0.25) is 0 Å². The van der Waals surface area contributed by atoms with Gasteiger partial charge in [-0.15, -0.1) is 0 Å². The van der Waals surface area contributed by atoms with Gasteiger partial charge < -0.3 is 15.7 Å². The number of hydrogen-bond donors (Lipinski definition) is 2. The first-order chi connectivity index (χ1) is 7.35. The van der Waals surface area contributed by atoms with E-state index in [1.165, 1.54) is 0 Å². The lowest BCUT2D eigenvalue weighted by Crippen LogP contribution is -2.35. The van der Waals surface area contributed by atoms with Crippen molar-refractivity contribution in [3.63, 3.8) is 0 Å². The molecule has 1 saturated heterocycles. The second-order valence-corrected chi connectivity index (χ2v) is 4.95. The topological polar surface area (TPSA) is 83.6 Å². The smallest absolute Gasteiger partial charge is 0.311 e. The summed E-state index contributed by atoms with van der Waals surface area (Å²) in [5.41, 5.74) is 4.80. The highest BCUT2D eigenvalue weighted by atomic mass is 16.4. The molecule has 5 heteroatoms. The summed E-state index contributed by atoms with van der Waals surface area (Å²) in [5, 5.41) is 9.03. The molecule has 92 valence electrons. The van der Waals surface area contributed by atoms with Gasteiger partial charge in [0.05, 0.1) is 5.41 Å². The number of carbonyl (C=O) groups is 2. The van der Waals surface area contributed by atoms with E-state index in [-0.39, 0.29) is 11.9 Å². The first kappa shape index (κ1) is 13.0. The Labute approximate surface area is 95.6 Å². The second-order valence-electron chi connectivity index (χ2n) is 4.95. The normalized spacial score (nSPS) is 26.8. The van der Waals surface area contributed by atoms with E-state index in [1.54, 1.807) is 11.8 Å². The van der Waals surface area contributed by atoms with Gasteiger partial charge in [0.1, 0.15) is 0 Å². The molecule has 0 saturated carbocycles. The molecule has 0 radical (unpaired) electrons. The van der Waals surface area contributed by atoms with Crippen LogP contribution in [0.1, 0.15) is 33.1 Å². The van der Waals surface area contributed by atoms with Gasteiger partial charge in [-0.3, -0.25) is 9.59 Å². The molecule has 0 bridgehead atoms. The van der Waals surface area contributed by atoms with Crippen molar-refractivity contribution in [2.24, 2.45) is 11.1 Å². The van der Waals surface area contributed by atoms with Crippen LogP contribution >= 0.6 is 0 Å². The fourth-order valence-electron chi connectivity index (χ4n) is 1.86. The van der Waals surface area contributed by atoms with Crippen LogP contribution in [-0.2, 0) is 9.59 Å². The van der Waals surface area contributed by atoms with Crippen LogP contribution in [-0.4, -0.2) is 41.0 Å². The van der Waals surface area contributed by atoms with E-state index in [1.807, 2.05) is 6.92 Å². The van der Waals surface area contributed by atoms with Gasteiger partial charge >= 0.3 is 5.97 Å². The zero-order valence-electron chi connectivity index (χ0n) is 9.90. The molecule has 0 aromatic heterocycles. The molecule has 2 atom stereocenters. The van der Waals surface area contributed by atoms with Crippen LogP contribution in [0.3, 0.4) is 0 Å². The molecule has 0 aromatic carbocycles. The predicted molar refractivity (Wildman–Crippen MR) is 59.8 cm³/mol. The molecular formula is C11H20N2O3. The van der Waals surface area contributed by atoms with Crippen molar-refractivity contribution < 1.29 is 14.7 Å². The van der Waals surface area contributed by atoms with Gasteiger partial charge in [-0.25, -0.2) is 0 Å². The summed E-state index contributed by atoms with van der Waals surface area (Å²) >= 11 is 0. The number of carboxylic acid groups (broad SMARTS) is 1. The van der Waals surface area contributed by atoms with Gasteiger partial charge in [-0.1, -0.05) is 0 Å². The molecule has 1 rings (SSSR count). The molecule has 1 aliphatic heterocycles. The average molecular weight is 228 g/mol. The number of nitrogens with two attached hydrogens (primary N) is 1. The molecule has 1 heterocycles. The van der Waals surface area contributed by atoms with Gasteiger partial charge in [-0.05, 0) is 26.7 Å². The Morgan fingerprint density at radius 1 is 1.56 bits per heavy atom. The highest BCUT2D eigenvalue weighted by Gasteiger charge is 2.41. The Morgan fingerprint density at radius 2 is 2.19 bits per heavy atom. The summed E-state index contributed by atoms with van der Waals surface area (Å²) in [6, 6.07) is 0.0115. The molecule has 0 aromatic rings. The number of hydrogen-bond acceptors (Lipinski definition) is 3. The lowest BCUT2D eigenvalue weighted by Gasteiger charge is -2.20. The SMILES string of the molecule is CC(N)CCC(=O)N1CCC(C)(C(=O)O)C1. The van der Waals surface area contributed by atoms with Gasteiger partial charge in [0.25, 0.3) is 0 Å². The predicted octanol–water partition coefficient (Wildman–Crippen LogP) is 0.437. The van der Waals surface area contributed by atoms with Crippen LogP contribution < -0.4 is 5.73 Å². The van der Waals surface area contributed by atoms with Crippen molar-refractivity contribution >= 4 is 11.9 Å². The Kier molecular flexibility index (Phi) is 3.91. The number of likely N-dealkylation sites (tertiary alicyclic amines) is 1. The second kappa shape index (κ2) is 4.82. The summed E-state index contributed by atoms with van der Waals surface area (Å²) in [6.45, 7) is 4.41. The van der Waals surface area contributed by atoms with Gasteiger partial charge in [0, 0.05) is 25.6 Å². The molecular weight excluding hydrogens is 208 g/mol. The number of rotatable bonds is 4. The fourth-order valence-corrected chi connectivity index (χ4v) is 1.86. The van der Waals surface area contributed by atoms with E-state index in [0.29, 0.717) is 32.4 Å². The first-order valence-electron chi connectivity index (χ1n) is 5.62. The van der Waals surface area contributed by atoms with E-state index in [0.717, 1.165) is 0 Å². The van der Waals surface area contributed by atoms with Crippen molar-refractivity contribution in [3.8, 4) is 0 Å². The standard InChI is InChI=1S/C11H20N2O3/c1-8(12)3-4-9(14)13-6-5-11(2,7-13)10(15)16/h8H,3-7,12H2,1-2H3,(H,15,16). The number of nitrogens with zero attached hydrogens (tertiary/aromatic N) is 1. The Balaban J connectivity index is 2.47. The van der Waals surface area contributed by atoms with E-state index >= 15 is 0 Å². The minimum Gasteiger partial charge on any atom is -0.481 e. The van der Waals surface area contributed by atoms with Gasteiger partial charge in [-0.2, -0.15) is 0 Å². The van der Waals surface area contributed by atoms with Crippen LogP contribution in [0.4, 0.5) is 0 Å². The zero-order chi connectivity index (χ0) is 12.3. The summed E-state index contributed by atoms with van der Waals surface area (Å²) in [7, 11) is 0.